The second-order valence-electron chi connectivity index (χ2n) is 4.68. The minimum absolute atomic E-state index is 0.740. The van der Waals surface area contributed by atoms with Gasteiger partial charge in [0.05, 0.1) is 7.11 Å². The van der Waals surface area contributed by atoms with E-state index in [4.69, 9.17) is 4.74 Å². The monoisotopic (exact) mass is 291 g/mol. The van der Waals surface area contributed by atoms with Crippen LogP contribution in [0.2, 0.25) is 0 Å². The predicted octanol–water partition coefficient (Wildman–Crippen LogP) is 3.74. The number of unbranched alkanes of at least 4 members (excludes halogenated alkanes) is 2. The molecule has 0 unspecified atom stereocenters. The molecule has 108 valence electrons. The number of ether oxygens (including phenoxy) is 1. The number of rotatable bonds is 8. The molecular formula is C15H21N3OS. The first kappa shape index (κ1) is 14.8. The molecule has 0 saturated heterocycles. The molecule has 1 aromatic heterocycles. The Morgan fingerprint density at radius 1 is 1.30 bits per heavy atom. The van der Waals surface area contributed by atoms with E-state index >= 15 is 0 Å². The summed E-state index contributed by atoms with van der Waals surface area (Å²) in [5.41, 5.74) is 1.17. The van der Waals surface area contributed by atoms with Crippen LogP contribution in [-0.2, 0) is 6.42 Å². The van der Waals surface area contributed by atoms with Crippen LogP contribution in [0.25, 0.3) is 0 Å². The van der Waals surface area contributed by atoms with E-state index in [-0.39, 0.29) is 0 Å². The van der Waals surface area contributed by atoms with Crippen molar-refractivity contribution < 1.29 is 4.74 Å². The Labute approximate surface area is 124 Å². The first-order valence-corrected chi connectivity index (χ1v) is 7.78. The zero-order valence-corrected chi connectivity index (χ0v) is 12.9. The highest BCUT2D eigenvalue weighted by atomic mass is 32.1. The van der Waals surface area contributed by atoms with Gasteiger partial charge in [-0.3, -0.25) is 0 Å². The molecule has 0 aliphatic rings. The lowest BCUT2D eigenvalue weighted by Crippen LogP contribution is -2.01. The second kappa shape index (κ2) is 7.85. The summed E-state index contributed by atoms with van der Waals surface area (Å²) in [6, 6.07) is 8.02. The van der Waals surface area contributed by atoms with Gasteiger partial charge in [-0.2, -0.15) is 4.37 Å². The van der Waals surface area contributed by atoms with Crippen LogP contribution in [-0.4, -0.2) is 23.0 Å². The molecule has 0 saturated carbocycles. The number of hydrogen-bond acceptors (Lipinski definition) is 5. The summed E-state index contributed by atoms with van der Waals surface area (Å²) in [7, 11) is 1.68. The third-order valence-corrected chi connectivity index (χ3v) is 3.73. The molecule has 0 spiro atoms. The zero-order chi connectivity index (χ0) is 14.2. The van der Waals surface area contributed by atoms with Crippen LogP contribution in [0.15, 0.2) is 24.3 Å². The van der Waals surface area contributed by atoms with Crippen LogP contribution >= 0.6 is 11.5 Å². The van der Waals surface area contributed by atoms with E-state index in [9.17, 15) is 0 Å². The average Bonchev–Trinajstić information content (AvgIpc) is 2.91. The van der Waals surface area contributed by atoms with E-state index in [0.29, 0.717) is 0 Å². The quantitative estimate of drug-likeness (QED) is 0.753. The first-order chi connectivity index (χ1) is 9.81. The molecule has 20 heavy (non-hydrogen) atoms. The Hall–Kier alpha value is -1.62. The molecule has 5 heteroatoms. The summed E-state index contributed by atoms with van der Waals surface area (Å²) >= 11 is 1.43. The van der Waals surface area contributed by atoms with Gasteiger partial charge in [0.25, 0.3) is 0 Å². The second-order valence-corrected chi connectivity index (χ2v) is 5.43. The van der Waals surface area contributed by atoms with Gasteiger partial charge in [0, 0.05) is 24.5 Å². The molecule has 1 aromatic carbocycles. The number of nitrogens with zero attached hydrogens (tertiary/aromatic N) is 2. The van der Waals surface area contributed by atoms with Gasteiger partial charge in [0.1, 0.15) is 11.6 Å². The fourth-order valence-corrected chi connectivity index (χ4v) is 2.54. The van der Waals surface area contributed by atoms with Gasteiger partial charge in [0.2, 0.25) is 5.13 Å². The van der Waals surface area contributed by atoms with Crippen molar-refractivity contribution in [2.24, 2.45) is 0 Å². The van der Waals surface area contributed by atoms with E-state index in [1.165, 1.54) is 36.4 Å². The lowest BCUT2D eigenvalue weighted by Gasteiger charge is -2.02. The van der Waals surface area contributed by atoms with Crippen molar-refractivity contribution >= 4 is 16.7 Å². The predicted molar refractivity (Wildman–Crippen MR) is 83.7 cm³/mol. The summed E-state index contributed by atoms with van der Waals surface area (Å²) in [6.45, 7) is 3.18. The van der Waals surface area contributed by atoms with Crippen LogP contribution in [0.1, 0.15) is 37.6 Å². The molecule has 1 heterocycles. The van der Waals surface area contributed by atoms with Crippen molar-refractivity contribution in [2.45, 2.75) is 32.6 Å². The number of hydrogen-bond donors (Lipinski definition) is 1. The van der Waals surface area contributed by atoms with Gasteiger partial charge in [-0.1, -0.05) is 31.9 Å². The van der Waals surface area contributed by atoms with Crippen LogP contribution in [0.5, 0.6) is 5.75 Å². The van der Waals surface area contributed by atoms with E-state index < -0.39 is 0 Å². The van der Waals surface area contributed by atoms with E-state index in [2.05, 4.69) is 27.7 Å². The summed E-state index contributed by atoms with van der Waals surface area (Å²) in [5, 5.41) is 4.24. The number of methoxy groups -OCH3 is 1. The number of anilines is 1. The average molecular weight is 291 g/mol. The van der Waals surface area contributed by atoms with Crippen molar-refractivity contribution in [1.82, 2.24) is 9.36 Å². The Morgan fingerprint density at radius 3 is 3.00 bits per heavy atom. The van der Waals surface area contributed by atoms with Gasteiger partial charge in [0.15, 0.2) is 0 Å². The van der Waals surface area contributed by atoms with E-state index in [1.54, 1.807) is 7.11 Å². The van der Waals surface area contributed by atoms with Crippen LogP contribution in [0, 0.1) is 0 Å². The molecule has 0 bridgehead atoms. The van der Waals surface area contributed by atoms with Crippen molar-refractivity contribution in [1.29, 1.82) is 0 Å². The summed E-state index contributed by atoms with van der Waals surface area (Å²) in [5.74, 6) is 1.73. The fraction of sp³-hybridized carbons (Fsp3) is 0.467. The van der Waals surface area contributed by atoms with E-state index in [1.807, 2.05) is 18.2 Å². The lowest BCUT2D eigenvalue weighted by molar-refractivity contribution is 0.414. The van der Waals surface area contributed by atoms with Crippen molar-refractivity contribution in [3.63, 3.8) is 0 Å². The smallest absolute Gasteiger partial charge is 0.202 e. The minimum atomic E-state index is 0.740. The fourth-order valence-electron chi connectivity index (χ4n) is 1.93. The summed E-state index contributed by atoms with van der Waals surface area (Å²) < 4.78 is 9.62. The summed E-state index contributed by atoms with van der Waals surface area (Å²) in [6.07, 6.45) is 4.41. The lowest BCUT2D eigenvalue weighted by atomic mass is 10.1. The molecule has 0 radical (unpaired) electrons. The molecule has 0 amide bonds. The van der Waals surface area contributed by atoms with Crippen molar-refractivity contribution in [3.05, 3.63) is 35.7 Å². The van der Waals surface area contributed by atoms with Crippen molar-refractivity contribution in [2.75, 3.05) is 19.0 Å². The third kappa shape index (κ3) is 4.49. The maximum absolute atomic E-state index is 5.22. The molecular weight excluding hydrogens is 270 g/mol. The summed E-state index contributed by atoms with van der Waals surface area (Å²) in [4.78, 5) is 4.51. The normalized spacial score (nSPS) is 10.5. The zero-order valence-electron chi connectivity index (χ0n) is 12.1. The molecule has 0 fully saturated rings. The highest BCUT2D eigenvalue weighted by Gasteiger charge is 2.05. The van der Waals surface area contributed by atoms with Gasteiger partial charge < -0.3 is 10.1 Å². The molecule has 1 N–H and O–H groups in total. The largest absolute Gasteiger partial charge is 0.497 e. The van der Waals surface area contributed by atoms with Crippen LogP contribution < -0.4 is 10.1 Å². The van der Waals surface area contributed by atoms with Gasteiger partial charge in [-0.05, 0) is 24.1 Å². The highest BCUT2D eigenvalue weighted by Crippen LogP contribution is 2.17. The molecule has 0 aliphatic heterocycles. The Morgan fingerprint density at radius 2 is 2.20 bits per heavy atom. The maximum Gasteiger partial charge on any atom is 0.202 e. The number of nitrogens with one attached hydrogen (secondary N) is 1. The van der Waals surface area contributed by atoms with Gasteiger partial charge in [-0.15, -0.1) is 0 Å². The van der Waals surface area contributed by atoms with Gasteiger partial charge >= 0.3 is 0 Å². The maximum atomic E-state index is 5.22. The standard InChI is InChI=1S/C15H21N3OS/c1-3-4-5-9-16-15-17-14(18-20-15)11-12-7-6-8-13(10-12)19-2/h6-8,10H,3-5,9,11H2,1-2H3,(H,16,17,18). The van der Waals surface area contributed by atoms with Crippen LogP contribution in [0.4, 0.5) is 5.13 Å². The van der Waals surface area contributed by atoms with Crippen LogP contribution in [0.3, 0.4) is 0 Å². The van der Waals surface area contributed by atoms with Gasteiger partial charge in [-0.25, -0.2) is 4.98 Å². The molecule has 0 atom stereocenters. The van der Waals surface area contributed by atoms with Crippen molar-refractivity contribution in [3.8, 4) is 5.75 Å². The SMILES string of the molecule is CCCCCNc1nc(Cc2cccc(OC)c2)ns1. The molecule has 2 aromatic rings. The Bertz CT molecular complexity index is 527. The molecule has 0 aliphatic carbocycles. The third-order valence-electron chi connectivity index (χ3n) is 3.02. The van der Waals surface area contributed by atoms with E-state index in [0.717, 1.165) is 29.7 Å². The molecule has 2 rings (SSSR count). The Kier molecular flexibility index (Phi) is 5.80. The minimum Gasteiger partial charge on any atom is -0.497 e. The number of aromatic nitrogens is 2. The first-order valence-electron chi connectivity index (χ1n) is 7.01. The topological polar surface area (TPSA) is 47.0 Å². The number of benzene rings is 1. The molecule has 4 nitrogen and oxygen atoms in total. The highest BCUT2D eigenvalue weighted by molar-refractivity contribution is 7.09. The Balaban J connectivity index is 1.88.